The van der Waals surface area contributed by atoms with Crippen LogP contribution in [0.5, 0.6) is 0 Å². The fourth-order valence-corrected chi connectivity index (χ4v) is 3.50. The van der Waals surface area contributed by atoms with E-state index >= 15 is 0 Å². The molecule has 3 fully saturated rings. The summed E-state index contributed by atoms with van der Waals surface area (Å²) in [6.07, 6.45) is 9.66. The maximum absolute atomic E-state index is 13.0. The second kappa shape index (κ2) is 5.43. The normalized spacial score (nSPS) is 30.6. The van der Waals surface area contributed by atoms with Gasteiger partial charge in [0, 0.05) is 13.1 Å². The lowest BCUT2D eigenvalue weighted by atomic mass is 9.90. The highest BCUT2D eigenvalue weighted by Gasteiger charge is 2.44. The van der Waals surface area contributed by atoms with Crippen molar-refractivity contribution in [2.45, 2.75) is 63.8 Å². The fourth-order valence-electron chi connectivity index (χ4n) is 3.50. The lowest BCUT2D eigenvalue weighted by Gasteiger charge is -2.35. The largest absolute Gasteiger partial charge is 0.341 e. The van der Waals surface area contributed by atoms with Gasteiger partial charge in [0.15, 0.2) is 0 Å². The number of amides is 1. The van der Waals surface area contributed by atoms with Gasteiger partial charge in [0.05, 0.1) is 5.54 Å². The second-order valence-corrected chi connectivity index (χ2v) is 6.96. The smallest absolute Gasteiger partial charge is 0.242 e. The molecule has 3 rings (SSSR count). The molecule has 3 aliphatic rings. The van der Waals surface area contributed by atoms with Crippen molar-refractivity contribution in [3.63, 3.8) is 0 Å². The molecule has 1 atom stereocenters. The van der Waals surface area contributed by atoms with Crippen molar-refractivity contribution in [1.29, 1.82) is 0 Å². The molecule has 0 spiro atoms. The van der Waals surface area contributed by atoms with Crippen LogP contribution in [-0.4, -0.2) is 36.0 Å². The van der Waals surface area contributed by atoms with Crippen LogP contribution in [-0.2, 0) is 4.79 Å². The molecule has 0 bridgehead atoms. The Hall–Kier alpha value is -0.570. The molecule has 0 aromatic heterocycles. The summed E-state index contributed by atoms with van der Waals surface area (Å²) in [4.78, 5) is 15.3. The van der Waals surface area contributed by atoms with E-state index in [1.165, 1.54) is 25.7 Å². The highest BCUT2D eigenvalue weighted by atomic mass is 16.2. The van der Waals surface area contributed by atoms with Crippen LogP contribution in [0.15, 0.2) is 0 Å². The number of hydrogen-bond donors (Lipinski definition) is 1. The van der Waals surface area contributed by atoms with Crippen LogP contribution in [0.4, 0.5) is 0 Å². The highest BCUT2D eigenvalue weighted by Crippen LogP contribution is 2.36. The van der Waals surface area contributed by atoms with E-state index in [2.05, 4.69) is 17.1 Å². The van der Waals surface area contributed by atoms with Gasteiger partial charge in [-0.3, -0.25) is 4.79 Å². The van der Waals surface area contributed by atoms with E-state index in [1.54, 1.807) is 0 Å². The molecule has 2 aliphatic carbocycles. The van der Waals surface area contributed by atoms with Crippen molar-refractivity contribution < 1.29 is 4.79 Å². The zero-order valence-corrected chi connectivity index (χ0v) is 12.3. The van der Waals surface area contributed by atoms with Gasteiger partial charge in [-0.05, 0) is 63.3 Å². The number of carbonyl (C=O) groups is 1. The summed E-state index contributed by atoms with van der Waals surface area (Å²) in [7, 11) is 0. The van der Waals surface area contributed by atoms with Crippen molar-refractivity contribution in [1.82, 2.24) is 10.2 Å². The van der Waals surface area contributed by atoms with Crippen molar-refractivity contribution >= 4 is 5.91 Å². The molecule has 3 heteroatoms. The molecule has 1 aliphatic heterocycles. The SMILES string of the molecule is CCCC1(C(=O)N(CC2CC2)CC2CC2)CCCN1. The Bertz CT molecular complexity index is 314. The first-order valence-electron chi connectivity index (χ1n) is 8.28. The monoisotopic (exact) mass is 264 g/mol. The number of carbonyl (C=O) groups excluding carboxylic acids is 1. The summed E-state index contributed by atoms with van der Waals surface area (Å²) in [5, 5.41) is 3.55. The number of nitrogens with zero attached hydrogens (tertiary/aromatic N) is 1. The van der Waals surface area contributed by atoms with Crippen molar-refractivity contribution in [3.05, 3.63) is 0 Å². The zero-order valence-electron chi connectivity index (χ0n) is 12.3. The summed E-state index contributed by atoms with van der Waals surface area (Å²) in [6.45, 7) is 5.28. The van der Waals surface area contributed by atoms with Gasteiger partial charge in [-0.2, -0.15) is 0 Å². The lowest BCUT2D eigenvalue weighted by Crippen LogP contribution is -2.55. The molecule has 0 radical (unpaired) electrons. The van der Waals surface area contributed by atoms with Crippen LogP contribution in [0.25, 0.3) is 0 Å². The first-order chi connectivity index (χ1) is 9.23. The molecule has 0 aromatic carbocycles. The molecule has 2 saturated carbocycles. The number of rotatable bonds is 7. The van der Waals surface area contributed by atoms with Crippen molar-refractivity contribution in [3.8, 4) is 0 Å². The molecule has 1 amide bonds. The van der Waals surface area contributed by atoms with Gasteiger partial charge in [0.1, 0.15) is 0 Å². The Kier molecular flexibility index (Phi) is 3.84. The zero-order chi connectivity index (χ0) is 13.3. The standard InChI is InChI=1S/C16H28N2O/c1-2-8-16(9-3-10-17-16)15(19)18(11-13-4-5-13)12-14-6-7-14/h13-14,17H,2-12H2,1H3. The molecule has 3 nitrogen and oxygen atoms in total. The minimum Gasteiger partial charge on any atom is -0.341 e. The van der Waals surface area contributed by atoms with Crippen molar-refractivity contribution in [2.75, 3.05) is 19.6 Å². The number of nitrogens with one attached hydrogen (secondary N) is 1. The van der Waals surface area contributed by atoms with E-state index in [1.807, 2.05) is 0 Å². The number of hydrogen-bond acceptors (Lipinski definition) is 2. The quantitative estimate of drug-likeness (QED) is 0.766. The van der Waals surface area contributed by atoms with Gasteiger partial charge in [-0.1, -0.05) is 13.3 Å². The first kappa shape index (κ1) is 13.4. The topological polar surface area (TPSA) is 32.3 Å². The Morgan fingerprint density at radius 1 is 1.21 bits per heavy atom. The fraction of sp³-hybridized carbons (Fsp3) is 0.938. The second-order valence-electron chi connectivity index (χ2n) is 6.96. The Morgan fingerprint density at radius 2 is 1.84 bits per heavy atom. The lowest BCUT2D eigenvalue weighted by molar-refractivity contribution is -0.138. The molecular weight excluding hydrogens is 236 g/mol. The summed E-state index contributed by atoms with van der Waals surface area (Å²) in [5.74, 6) is 2.04. The van der Waals surface area contributed by atoms with E-state index < -0.39 is 0 Å². The molecular formula is C16H28N2O. The maximum Gasteiger partial charge on any atom is 0.242 e. The van der Waals surface area contributed by atoms with E-state index in [0.717, 1.165) is 57.2 Å². The Balaban J connectivity index is 1.68. The van der Waals surface area contributed by atoms with Gasteiger partial charge in [0.25, 0.3) is 0 Å². The predicted octanol–water partition coefficient (Wildman–Crippen LogP) is 2.56. The molecule has 1 saturated heterocycles. The molecule has 108 valence electrons. The molecule has 1 unspecified atom stereocenters. The summed E-state index contributed by atoms with van der Waals surface area (Å²) >= 11 is 0. The third-order valence-corrected chi connectivity index (χ3v) is 4.97. The van der Waals surface area contributed by atoms with Crippen LogP contribution in [0, 0.1) is 11.8 Å². The molecule has 19 heavy (non-hydrogen) atoms. The molecule has 1 N–H and O–H groups in total. The minimum atomic E-state index is -0.210. The first-order valence-corrected chi connectivity index (χ1v) is 8.28. The van der Waals surface area contributed by atoms with Crippen LogP contribution in [0.1, 0.15) is 58.3 Å². The maximum atomic E-state index is 13.0. The van der Waals surface area contributed by atoms with Crippen LogP contribution in [0.2, 0.25) is 0 Å². The summed E-state index contributed by atoms with van der Waals surface area (Å²) < 4.78 is 0. The van der Waals surface area contributed by atoms with Gasteiger partial charge in [0.2, 0.25) is 5.91 Å². The van der Waals surface area contributed by atoms with Gasteiger partial charge in [-0.15, -0.1) is 0 Å². The van der Waals surface area contributed by atoms with Crippen LogP contribution in [0.3, 0.4) is 0 Å². The highest BCUT2D eigenvalue weighted by molar-refractivity contribution is 5.87. The van der Waals surface area contributed by atoms with E-state index in [4.69, 9.17) is 0 Å². The predicted molar refractivity (Wildman–Crippen MR) is 76.9 cm³/mol. The van der Waals surface area contributed by atoms with Gasteiger partial charge >= 0.3 is 0 Å². The van der Waals surface area contributed by atoms with Gasteiger partial charge in [-0.25, -0.2) is 0 Å². The summed E-state index contributed by atoms with van der Waals surface area (Å²) in [6, 6.07) is 0. The third kappa shape index (κ3) is 3.13. The molecule has 1 heterocycles. The van der Waals surface area contributed by atoms with E-state index in [-0.39, 0.29) is 5.54 Å². The van der Waals surface area contributed by atoms with Crippen LogP contribution < -0.4 is 5.32 Å². The summed E-state index contributed by atoms with van der Waals surface area (Å²) in [5.41, 5.74) is -0.210. The van der Waals surface area contributed by atoms with Crippen LogP contribution >= 0.6 is 0 Å². The average molecular weight is 264 g/mol. The van der Waals surface area contributed by atoms with Crippen molar-refractivity contribution in [2.24, 2.45) is 11.8 Å². The van der Waals surface area contributed by atoms with E-state index in [0.29, 0.717) is 5.91 Å². The molecule has 0 aromatic rings. The minimum absolute atomic E-state index is 0.210. The third-order valence-electron chi connectivity index (χ3n) is 4.97. The Labute approximate surface area is 117 Å². The van der Waals surface area contributed by atoms with E-state index in [9.17, 15) is 4.79 Å². The van der Waals surface area contributed by atoms with Gasteiger partial charge < -0.3 is 10.2 Å². The Morgan fingerprint density at radius 3 is 2.26 bits per heavy atom. The average Bonchev–Trinajstić information content (AvgIpc) is 3.32.